The minimum atomic E-state index is -0.121. The van der Waals surface area contributed by atoms with Crippen LogP contribution in [0, 0.1) is 0 Å². The number of carbonyl (C=O) groups excluding carboxylic acids is 1. The Balaban J connectivity index is 1.70. The highest BCUT2D eigenvalue weighted by Crippen LogP contribution is 2.24. The molecule has 0 bridgehead atoms. The lowest BCUT2D eigenvalue weighted by atomic mass is 9.92. The fourth-order valence-corrected chi connectivity index (χ4v) is 3.01. The van der Waals surface area contributed by atoms with Gasteiger partial charge in [0.15, 0.2) is 0 Å². The molecule has 5 nitrogen and oxygen atoms in total. The molecule has 0 spiro atoms. The molecule has 1 amide bonds. The molecule has 2 heterocycles. The first-order chi connectivity index (χ1) is 9.28. The van der Waals surface area contributed by atoms with Gasteiger partial charge in [-0.3, -0.25) is 4.79 Å². The molecule has 1 atom stereocenters. The third kappa shape index (κ3) is 2.41. The summed E-state index contributed by atoms with van der Waals surface area (Å²) in [7, 11) is 0. The van der Waals surface area contributed by atoms with Crippen molar-refractivity contribution in [1.29, 1.82) is 0 Å². The molecular formula is C13H14N2O3S. The standard InChI is InChI=1S/C13H14N2O3S/c16-6-11-10-5-9(1-2-12(10)18-15-11)14-13(17)8-3-4-19-7-8/h3-4,7,9,16H,1-2,5-6H2,(H,14,17). The van der Waals surface area contributed by atoms with Gasteiger partial charge >= 0.3 is 0 Å². The molecule has 6 heteroatoms. The first kappa shape index (κ1) is 12.4. The number of amides is 1. The second-order valence-electron chi connectivity index (χ2n) is 4.61. The average Bonchev–Trinajstić information content (AvgIpc) is 3.07. The number of hydrogen-bond donors (Lipinski definition) is 2. The summed E-state index contributed by atoms with van der Waals surface area (Å²) in [5.74, 6) is 0.793. The topological polar surface area (TPSA) is 75.4 Å². The van der Waals surface area contributed by atoms with Gasteiger partial charge in [0.1, 0.15) is 11.5 Å². The molecule has 2 aromatic rings. The zero-order valence-corrected chi connectivity index (χ0v) is 11.1. The quantitative estimate of drug-likeness (QED) is 0.892. The summed E-state index contributed by atoms with van der Waals surface area (Å²) in [6.07, 6.45) is 2.25. The number of nitrogens with one attached hydrogen (secondary N) is 1. The Labute approximate surface area is 114 Å². The summed E-state index contributed by atoms with van der Waals surface area (Å²) in [5.41, 5.74) is 2.23. The van der Waals surface area contributed by atoms with Crippen LogP contribution in [0.25, 0.3) is 0 Å². The molecule has 0 aliphatic heterocycles. The molecule has 1 unspecified atom stereocenters. The van der Waals surface area contributed by atoms with Crippen LogP contribution in [0.15, 0.2) is 21.3 Å². The van der Waals surface area contributed by atoms with Crippen LogP contribution in [-0.2, 0) is 19.4 Å². The largest absolute Gasteiger partial charge is 0.390 e. The van der Waals surface area contributed by atoms with Crippen molar-refractivity contribution in [1.82, 2.24) is 10.5 Å². The van der Waals surface area contributed by atoms with Crippen LogP contribution < -0.4 is 5.32 Å². The van der Waals surface area contributed by atoms with Crippen molar-refractivity contribution in [3.8, 4) is 0 Å². The summed E-state index contributed by atoms with van der Waals surface area (Å²) < 4.78 is 5.18. The van der Waals surface area contributed by atoms with Crippen molar-refractivity contribution in [2.24, 2.45) is 0 Å². The second kappa shape index (κ2) is 5.14. The van der Waals surface area contributed by atoms with Crippen molar-refractivity contribution in [3.05, 3.63) is 39.4 Å². The molecule has 0 fully saturated rings. The average molecular weight is 278 g/mol. The van der Waals surface area contributed by atoms with Crippen LogP contribution >= 0.6 is 11.3 Å². The molecule has 1 aliphatic carbocycles. The number of fused-ring (bicyclic) bond motifs is 1. The van der Waals surface area contributed by atoms with Crippen LogP contribution in [0.5, 0.6) is 0 Å². The van der Waals surface area contributed by atoms with E-state index in [9.17, 15) is 9.90 Å². The van der Waals surface area contributed by atoms with E-state index < -0.39 is 0 Å². The van der Waals surface area contributed by atoms with E-state index in [-0.39, 0.29) is 18.6 Å². The third-order valence-electron chi connectivity index (χ3n) is 3.39. The first-order valence-corrected chi connectivity index (χ1v) is 7.12. The molecule has 1 aliphatic rings. The van der Waals surface area contributed by atoms with Crippen LogP contribution in [0.3, 0.4) is 0 Å². The third-order valence-corrected chi connectivity index (χ3v) is 4.07. The summed E-state index contributed by atoms with van der Waals surface area (Å²) in [6.45, 7) is -0.121. The Hall–Kier alpha value is -1.66. The molecule has 0 radical (unpaired) electrons. The van der Waals surface area contributed by atoms with E-state index in [1.54, 1.807) is 0 Å². The van der Waals surface area contributed by atoms with Crippen molar-refractivity contribution in [2.45, 2.75) is 31.9 Å². The molecule has 19 heavy (non-hydrogen) atoms. The lowest BCUT2D eigenvalue weighted by molar-refractivity contribution is 0.0933. The van der Waals surface area contributed by atoms with Gasteiger partial charge in [-0.05, 0) is 24.3 Å². The molecule has 0 saturated heterocycles. The molecule has 0 aromatic carbocycles. The zero-order chi connectivity index (χ0) is 13.2. The van der Waals surface area contributed by atoms with Crippen molar-refractivity contribution < 1.29 is 14.4 Å². The maximum atomic E-state index is 12.0. The Morgan fingerprint density at radius 3 is 3.26 bits per heavy atom. The Morgan fingerprint density at radius 2 is 2.53 bits per heavy atom. The monoisotopic (exact) mass is 278 g/mol. The Kier molecular flexibility index (Phi) is 3.35. The number of rotatable bonds is 3. The van der Waals surface area contributed by atoms with Gasteiger partial charge in [0.2, 0.25) is 0 Å². The number of nitrogens with zero attached hydrogens (tertiary/aromatic N) is 1. The summed E-state index contributed by atoms with van der Waals surface area (Å²) in [6, 6.07) is 1.89. The van der Waals surface area contributed by atoms with E-state index in [4.69, 9.17) is 4.52 Å². The SMILES string of the molecule is O=C(NC1CCc2onc(CO)c2C1)c1ccsc1. The van der Waals surface area contributed by atoms with E-state index in [0.29, 0.717) is 17.7 Å². The predicted octanol–water partition coefficient (Wildman–Crippen LogP) is 1.52. The van der Waals surface area contributed by atoms with Gasteiger partial charge in [0, 0.05) is 29.0 Å². The van der Waals surface area contributed by atoms with Crippen molar-refractivity contribution in [3.63, 3.8) is 0 Å². The number of thiophene rings is 1. The number of aliphatic hydroxyl groups excluding tert-OH is 1. The summed E-state index contributed by atoms with van der Waals surface area (Å²) in [5, 5.41) is 19.8. The number of aliphatic hydroxyl groups is 1. The number of aromatic nitrogens is 1. The van der Waals surface area contributed by atoms with E-state index in [1.165, 1.54) is 11.3 Å². The molecule has 100 valence electrons. The highest BCUT2D eigenvalue weighted by atomic mass is 32.1. The van der Waals surface area contributed by atoms with Gasteiger partial charge in [0.05, 0.1) is 6.61 Å². The van der Waals surface area contributed by atoms with Crippen LogP contribution in [0.1, 0.15) is 33.8 Å². The van der Waals surface area contributed by atoms with Gasteiger partial charge in [-0.15, -0.1) is 0 Å². The maximum absolute atomic E-state index is 12.0. The highest BCUT2D eigenvalue weighted by Gasteiger charge is 2.26. The van der Waals surface area contributed by atoms with Gasteiger partial charge in [-0.2, -0.15) is 11.3 Å². The lowest BCUT2D eigenvalue weighted by Crippen LogP contribution is -2.38. The highest BCUT2D eigenvalue weighted by molar-refractivity contribution is 7.08. The number of carbonyl (C=O) groups is 1. The molecule has 3 rings (SSSR count). The summed E-state index contributed by atoms with van der Waals surface area (Å²) in [4.78, 5) is 12.0. The van der Waals surface area contributed by atoms with Gasteiger partial charge < -0.3 is 14.9 Å². The van der Waals surface area contributed by atoms with E-state index in [1.807, 2.05) is 16.8 Å². The van der Waals surface area contributed by atoms with Crippen LogP contribution in [-0.4, -0.2) is 22.2 Å². The first-order valence-electron chi connectivity index (χ1n) is 6.18. The Bertz CT molecular complexity index is 563. The Morgan fingerprint density at radius 1 is 1.63 bits per heavy atom. The number of hydrogen-bond acceptors (Lipinski definition) is 5. The summed E-state index contributed by atoms with van der Waals surface area (Å²) >= 11 is 1.51. The molecule has 2 aromatic heterocycles. The molecular weight excluding hydrogens is 264 g/mol. The fourth-order valence-electron chi connectivity index (χ4n) is 2.37. The minimum Gasteiger partial charge on any atom is -0.390 e. The van der Waals surface area contributed by atoms with Crippen molar-refractivity contribution in [2.75, 3.05) is 0 Å². The smallest absolute Gasteiger partial charge is 0.252 e. The zero-order valence-electron chi connectivity index (χ0n) is 10.3. The fraction of sp³-hybridized carbons (Fsp3) is 0.385. The van der Waals surface area contributed by atoms with E-state index in [0.717, 1.165) is 24.2 Å². The van der Waals surface area contributed by atoms with Crippen LogP contribution in [0.4, 0.5) is 0 Å². The normalized spacial score (nSPS) is 18.1. The van der Waals surface area contributed by atoms with Crippen LogP contribution in [0.2, 0.25) is 0 Å². The molecule has 2 N–H and O–H groups in total. The van der Waals surface area contributed by atoms with Crippen molar-refractivity contribution >= 4 is 17.2 Å². The van der Waals surface area contributed by atoms with E-state index in [2.05, 4.69) is 10.5 Å². The number of aryl methyl sites for hydroxylation is 1. The second-order valence-corrected chi connectivity index (χ2v) is 5.39. The predicted molar refractivity (Wildman–Crippen MR) is 70.0 cm³/mol. The lowest BCUT2D eigenvalue weighted by Gasteiger charge is -2.22. The minimum absolute atomic E-state index is 0.0447. The van der Waals surface area contributed by atoms with Gasteiger partial charge in [0.25, 0.3) is 5.91 Å². The maximum Gasteiger partial charge on any atom is 0.252 e. The molecule has 0 saturated carbocycles. The van der Waals surface area contributed by atoms with E-state index >= 15 is 0 Å². The van der Waals surface area contributed by atoms with Gasteiger partial charge in [-0.25, -0.2) is 0 Å². The van der Waals surface area contributed by atoms with Gasteiger partial charge in [-0.1, -0.05) is 5.16 Å².